The number of rotatable bonds is 16. The van der Waals surface area contributed by atoms with Crippen molar-refractivity contribution in [1.82, 2.24) is 14.9 Å². The number of aromatic carboxylic acids is 1. The number of thiazole rings is 1. The second-order valence-electron chi connectivity index (χ2n) is 9.93. The molecule has 1 aromatic carbocycles. The minimum absolute atomic E-state index is 0.104. The number of nitrogens with one attached hydrogen (secondary N) is 1. The largest absolute Gasteiger partial charge is 0.491 e. The van der Waals surface area contributed by atoms with Crippen LogP contribution >= 0.6 is 22.7 Å². The summed E-state index contributed by atoms with van der Waals surface area (Å²) in [6.45, 7) is 13.3. The van der Waals surface area contributed by atoms with Crippen molar-refractivity contribution in [2.45, 2.75) is 34.1 Å². The van der Waals surface area contributed by atoms with Crippen molar-refractivity contribution >= 4 is 39.6 Å². The standard InChI is InChI=1S/C31H38N4O4S2/c1-5-35(6-2)12-13-38-14-15-39-24-10-7-9-22(18-24)28-27(17-21(3)4)41-31(33-28)34-29-25(30(36)37)19-23(20-32-29)26-11-8-16-40-26/h7-11,16,18-21H,5-6,12-15,17H2,1-4H3,(H,36,37)(H,32,33,34). The Morgan fingerprint density at radius 3 is 2.61 bits per heavy atom. The lowest BCUT2D eigenvalue weighted by atomic mass is 10.0. The number of carboxylic acids is 1. The highest BCUT2D eigenvalue weighted by Gasteiger charge is 2.19. The van der Waals surface area contributed by atoms with Gasteiger partial charge in [0.25, 0.3) is 0 Å². The molecule has 0 radical (unpaired) electrons. The molecule has 0 aliphatic heterocycles. The van der Waals surface area contributed by atoms with Gasteiger partial charge in [0, 0.05) is 33.6 Å². The summed E-state index contributed by atoms with van der Waals surface area (Å²) < 4.78 is 11.7. The molecule has 4 rings (SSSR count). The number of thiophene rings is 1. The Hall–Kier alpha value is -3.31. The first-order chi connectivity index (χ1) is 19.9. The van der Waals surface area contributed by atoms with Gasteiger partial charge < -0.3 is 24.8 Å². The topological polar surface area (TPSA) is 96.8 Å². The molecule has 0 saturated carbocycles. The van der Waals surface area contributed by atoms with Crippen molar-refractivity contribution in [3.05, 3.63) is 64.5 Å². The molecule has 41 heavy (non-hydrogen) atoms. The summed E-state index contributed by atoms with van der Waals surface area (Å²) in [6, 6.07) is 13.5. The first kappa shape index (κ1) is 30.6. The average Bonchev–Trinajstić information content (AvgIpc) is 3.63. The maximum absolute atomic E-state index is 12.1. The molecular formula is C31H38N4O4S2. The zero-order valence-electron chi connectivity index (χ0n) is 24.1. The molecule has 10 heteroatoms. The minimum Gasteiger partial charge on any atom is -0.491 e. The van der Waals surface area contributed by atoms with E-state index < -0.39 is 5.97 Å². The van der Waals surface area contributed by atoms with Crippen molar-refractivity contribution in [3.63, 3.8) is 0 Å². The summed E-state index contributed by atoms with van der Waals surface area (Å²) in [5.41, 5.74) is 2.69. The number of carboxylic acid groups (broad SMARTS) is 1. The van der Waals surface area contributed by atoms with Gasteiger partial charge in [-0.15, -0.1) is 22.7 Å². The number of hydrogen-bond acceptors (Lipinski definition) is 9. The van der Waals surface area contributed by atoms with Gasteiger partial charge in [-0.3, -0.25) is 0 Å². The van der Waals surface area contributed by atoms with Crippen molar-refractivity contribution in [2.24, 2.45) is 5.92 Å². The van der Waals surface area contributed by atoms with E-state index in [9.17, 15) is 9.90 Å². The van der Waals surface area contributed by atoms with E-state index in [1.54, 1.807) is 23.6 Å². The normalized spacial score (nSPS) is 11.4. The molecule has 0 amide bonds. The fourth-order valence-corrected chi connectivity index (χ4v) is 6.24. The maximum atomic E-state index is 12.1. The first-order valence-electron chi connectivity index (χ1n) is 13.9. The molecule has 2 N–H and O–H groups in total. The van der Waals surface area contributed by atoms with E-state index in [0.29, 0.717) is 30.9 Å². The van der Waals surface area contributed by atoms with Crippen molar-refractivity contribution in [2.75, 3.05) is 44.8 Å². The fourth-order valence-electron chi connectivity index (χ4n) is 4.33. The van der Waals surface area contributed by atoms with Crippen LogP contribution in [-0.2, 0) is 11.2 Å². The van der Waals surface area contributed by atoms with Gasteiger partial charge in [-0.2, -0.15) is 0 Å². The lowest BCUT2D eigenvalue weighted by Crippen LogP contribution is -2.27. The van der Waals surface area contributed by atoms with Crippen LogP contribution < -0.4 is 10.1 Å². The summed E-state index contributed by atoms with van der Waals surface area (Å²) in [5, 5.41) is 15.6. The zero-order chi connectivity index (χ0) is 29.2. The Kier molecular flexibility index (Phi) is 11.3. The summed E-state index contributed by atoms with van der Waals surface area (Å²) in [6.07, 6.45) is 2.54. The quantitative estimate of drug-likeness (QED) is 0.130. The third kappa shape index (κ3) is 8.59. The zero-order valence-corrected chi connectivity index (χ0v) is 25.7. The number of nitrogens with zero attached hydrogens (tertiary/aromatic N) is 3. The summed E-state index contributed by atoms with van der Waals surface area (Å²) in [5.74, 6) is 0.409. The van der Waals surface area contributed by atoms with Crippen molar-refractivity contribution in [3.8, 4) is 27.4 Å². The van der Waals surface area contributed by atoms with Crippen LogP contribution in [0.5, 0.6) is 5.75 Å². The Balaban J connectivity index is 1.48. The second kappa shape index (κ2) is 15.1. The Bertz CT molecular complexity index is 1400. The number of pyridine rings is 1. The van der Waals surface area contributed by atoms with Gasteiger partial charge in [0.05, 0.1) is 18.9 Å². The summed E-state index contributed by atoms with van der Waals surface area (Å²) >= 11 is 3.06. The van der Waals surface area contributed by atoms with Gasteiger partial charge >= 0.3 is 5.97 Å². The van der Waals surface area contributed by atoms with Crippen LogP contribution in [0, 0.1) is 5.92 Å². The predicted molar refractivity (Wildman–Crippen MR) is 168 cm³/mol. The highest BCUT2D eigenvalue weighted by molar-refractivity contribution is 7.16. The molecule has 218 valence electrons. The van der Waals surface area contributed by atoms with Gasteiger partial charge in [-0.1, -0.05) is 45.9 Å². The lowest BCUT2D eigenvalue weighted by molar-refractivity contribution is 0.0697. The molecule has 0 fully saturated rings. The molecule has 0 saturated heterocycles. The highest BCUT2D eigenvalue weighted by atomic mass is 32.1. The third-order valence-electron chi connectivity index (χ3n) is 6.49. The molecule has 4 aromatic rings. The smallest absolute Gasteiger partial charge is 0.339 e. The van der Waals surface area contributed by atoms with E-state index in [-0.39, 0.29) is 11.4 Å². The van der Waals surface area contributed by atoms with Crippen LogP contribution in [0.3, 0.4) is 0 Å². The summed E-state index contributed by atoms with van der Waals surface area (Å²) in [7, 11) is 0. The number of ether oxygens (including phenoxy) is 2. The van der Waals surface area contributed by atoms with Crippen molar-refractivity contribution < 1.29 is 19.4 Å². The molecule has 3 aromatic heterocycles. The van der Waals surface area contributed by atoms with Crippen molar-refractivity contribution in [1.29, 1.82) is 0 Å². The van der Waals surface area contributed by atoms with Crippen LogP contribution in [0.4, 0.5) is 10.9 Å². The molecule has 0 bridgehead atoms. The molecule has 3 heterocycles. The highest BCUT2D eigenvalue weighted by Crippen LogP contribution is 2.36. The van der Waals surface area contributed by atoms with E-state index in [0.717, 1.165) is 58.4 Å². The Morgan fingerprint density at radius 1 is 1.07 bits per heavy atom. The molecule has 0 spiro atoms. The van der Waals surface area contributed by atoms with E-state index in [2.05, 4.69) is 42.9 Å². The average molecular weight is 595 g/mol. The summed E-state index contributed by atoms with van der Waals surface area (Å²) in [4.78, 5) is 25.9. The molecule has 0 unspecified atom stereocenters. The molecule has 0 aliphatic rings. The van der Waals surface area contributed by atoms with E-state index in [1.807, 2.05) is 41.8 Å². The van der Waals surface area contributed by atoms with Gasteiger partial charge in [0.1, 0.15) is 23.7 Å². The molecule has 8 nitrogen and oxygen atoms in total. The van der Waals surface area contributed by atoms with Crippen LogP contribution in [-0.4, -0.2) is 65.4 Å². The number of aromatic nitrogens is 2. The predicted octanol–water partition coefficient (Wildman–Crippen LogP) is 7.31. The van der Waals surface area contributed by atoms with E-state index in [4.69, 9.17) is 14.5 Å². The van der Waals surface area contributed by atoms with E-state index in [1.165, 1.54) is 11.3 Å². The lowest BCUT2D eigenvalue weighted by Gasteiger charge is -2.17. The maximum Gasteiger partial charge on any atom is 0.339 e. The van der Waals surface area contributed by atoms with Gasteiger partial charge in [-0.05, 0) is 55.1 Å². The number of benzene rings is 1. The van der Waals surface area contributed by atoms with Crippen LogP contribution in [0.2, 0.25) is 0 Å². The number of carbonyl (C=O) groups is 1. The van der Waals surface area contributed by atoms with Crippen LogP contribution in [0.15, 0.2) is 54.0 Å². The van der Waals surface area contributed by atoms with Crippen LogP contribution in [0.25, 0.3) is 21.7 Å². The van der Waals surface area contributed by atoms with Gasteiger partial charge in [-0.25, -0.2) is 14.8 Å². The van der Waals surface area contributed by atoms with E-state index >= 15 is 0 Å². The molecule has 0 aliphatic carbocycles. The third-order valence-corrected chi connectivity index (χ3v) is 8.40. The number of hydrogen-bond donors (Lipinski definition) is 2. The minimum atomic E-state index is -1.04. The first-order valence-corrected chi connectivity index (χ1v) is 15.6. The number of likely N-dealkylation sites (N-methyl/N-ethyl adjacent to an activating group) is 1. The van der Waals surface area contributed by atoms with Gasteiger partial charge in [0.15, 0.2) is 5.13 Å². The molecular weight excluding hydrogens is 556 g/mol. The number of anilines is 2. The Morgan fingerprint density at radius 2 is 1.90 bits per heavy atom. The van der Waals surface area contributed by atoms with Crippen LogP contribution in [0.1, 0.15) is 42.9 Å². The van der Waals surface area contributed by atoms with Gasteiger partial charge in [0.2, 0.25) is 0 Å². The second-order valence-corrected chi connectivity index (χ2v) is 12.0. The Labute approximate surface area is 250 Å². The molecule has 0 atom stereocenters. The monoisotopic (exact) mass is 594 g/mol. The SMILES string of the molecule is CCN(CC)CCOCCOc1cccc(-c2nc(Nc3ncc(-c4cccs4)cc3C(=O)O)sc2CC(C)C)c1. The fraction of sp³-hybridized carbons (Fsp3) is 0.387.